The van der Waals surface area contributed by atoms with E-state index in [2.05, 4.69) is 9.97 Å². The highest BCUT2D eigenvalue weighted by Gasteiger charge is 2.26. The normalized spacial score (nSPS) is 10.9. The molecular weight excluding hydrogens is 316 g/mol. The van der Waals surface area contributed by atoms with E-state index < -0.39 is 34.4 Å². The minimum Gasteiger partial charge on any atom is -0.478 e. The quantitative estimate of drug-likeness (QED) is 0.557. The van der Waals surface area contributed by atoms with Crippen molar-refractivity contribution in [2.45, 2.75) is 0 Å². The first-order chi connectivity index (χ1) is 11.3. The number of nitrogen functional groups attached to an aromatic ring is 1. The molecule has 9 heteroatoms. The van der Waals surface area contributed by atoms with E-state index in [0.717, 1.165) is 5.52 Å². The van der Waals surface area contributed by atoms with Crippen LogP contribution >= 0.6 is 0 Å². The van der Waals surface area contributed by atoms with Gasteiger partial charge in [-0.25, -0.2) is 14.6 Å². The van der Waals surface area contributed by atoms with Crippen molar-refractivity contribution in [1.82, 2.24) is 14.5 Å². The third-order valence-corrected chi connectivity index (χ3v) is 3.69. The Kier molecular flexibility index (Phi) is 3.33. The summed E-state index contributed by atoms with van der Waals surface area (Å²) in [5.74, 6) is -3.40. The molecule has 5 N–H and O–H groups in total. The average molecular weight is 328 g/mol. The van der Waals surface area contributed by atoms with Gasteiger partial charge in [0.1, 0.15) is 16.9 Å². The van der Waals surface area contributed by atoms with E-state index in [1.54, 1.807) is 24.0 Å². The van der Waals surface area contributed by atoms with Crippen molar-refractivity contribution in [3.05, 3.63) is 46.0 Å². The van der Waals surface area contributed by atoms with Crippen LogP contribution in [0.4, 0.5) is 5.82 Å². The Morgan fingerprint density at radius 3 is 2.50 bits per heavy atom. The molecule has 0 aliphatic heterocycles. The number of nitrogens with zero attached hydrogens (tertiary/aromatic N) is 2. The molecule has 2 heterocycles. The highest BCUT2D eigenvalue weighted by Crippen LogP contribution is 2.31. The van der Waals surface area contributed by atoms with E-state index in [9.17, 15) is 24.6 Å². The predicted molar refractivity (Wildman–Crippen MR) is 85.1 cm³/mol. The van der Waals surface area contributed by atoms with Gasteiger partial charge in [-0.05, 0) is 17.7 Å². The number of aryl methyl sites for hydroxylation is 1. The monoisotopic (exact) mass is 328 g/mol. The van der Waals surface area contributed by atoms with Gasteiger partial charge in [0.15, 0.2) is 0 Å². The van der Waals surface area contributed by atoms with Crippen molar-refractivity contribution >= 4 is 28.8 Å². The third-order valence-electron chi connectivity index (χ3n) is 3.69. The molecule has 24 heavy (non-hydrogen) atoms. The zero-order chi connectivity index (χ0) is 17.6. The highest BCUT2D eigenvalue weighted by atomic mass is 16.4. The van der Waals surface area contributed by atoms with Gasteiger partial charge in [-0.2, -0.15) is 0 Å². The van der Waals surface area contributed by atoms with Gasteiger partial charge >= 0.3 is 11.9 Å². The second kappa shape index (κ2) is 5.23. The summed E-state index contributed by atoms with van der Waals surface area (Å²) in [5.41, 5.74) is 4.75. The average Bonchev–Trinajstić information content (AvgIpc) is 2.86. The number of H-pyrrole nitrogens is 1. The lowest BCUT2D eigenvalue weighted by Crippen LogP contribution is -2.24. The SMILES string of the molecule is Cn1cnc2cc(-c3c(C(=O)O)c(N)[nH]c(=O)c3C(=O)O)ccc21. The van der Waals surface area contributed by atoms with Gasteiger partial charge in [0.2, 0.25) is 0 Å². The van der Waals surface area contributed by atoms with Crippen LogP contribution < -0.4 is 11.3 Å². The lowest BCUT2D eigenvalue weighted by molar-refractivity contribution is 0.0695. The standard InChI is InChI=1S/C15H12N4O5/c1-19-5-17-7-4-6(2-3-8(7)19)9-10(14(21)22)12(16)18-13(20)11(9)15(23)24/h2-5H,1H3,(H,21,22)(H,23,24)(H3,16,18,20). The summed E-state index contributed by atoms with van der Waals surface area (Å²) < 4.78 is 1.75. The van der Waals surface area contributed by atoms with Crippen molar-refractivity contribution in [3.63, 3.8) is 0 Å². The number of hydrogen-bond donors (Lipinski definition) is 4. The van der Waals surface area contributed by atoms with E-state index in [1.807, 2.05) is 0 Å². The summed E-state index contributed by atoms with van der Waals surface area (Å²) in [6.07, 6.45) is 1.57. The molecule has 3 aromatic rings. The number of aromatic carboxylic acids is 2. The number of pyridine rings is 1. The highest BCUT2D eigenvalue weighted by molar-refractivity contribution is 6.07. The lowest BCUT2D eigenvalue weighted by Gasteiger charge is -2.12. The number of nitrogens with two attached hydrogens (primary N) is 1. The molecule has 0 bridgehead atoms. The number of hydrogen-bond acceptors (Lipinski definition) is 5. The van der Waals surface area contributed by atoms with Crippen LogP contribution in [0.3, 0.4) is 0 Å². The maximum absolute atomic E-state index is 12.0. The van der Waals surface area contributed by atoms with Gasteiger partial charge in [-0.3, -0.25) is 4.79 Å². The molecule has 9 nitrogen and oxygen atoms in total. The molecule has 0 atom stereocenters. The summed E-state index contributed by atoms with van der Waals surface area (Å²) >= 11 is 0. The molecule has 3 rings (SSSR count). The van der Waals surface area contributed by atoms with E-state index in [-0.39, 0.29) is 11.1 Å². The van der Waals surface area contributed by atoms with Gasteiger partial charge in [0.05, 0.1) is 17.4 Å². The van der Waals surface area contributed by atoms with Crippen LogP contribution in [0.25, 0.3) is 22.2 Å². The minimum atomic E-state index is -1.55. The number of aromatic amines is 1. The molecule has 0 aliphatic carbocycles. The Morgan fingerprint density at radius 1 is 1.21 bits per heavy atom. The second-order valence-electron chi connectivity index (χ2n) is 5.16. The fourth-order valence-corrected chi connectivity index (χ4v) is 2.63. The predicted octanol–water partition coefficient (Wildman–Crippen LogP) is 0.907. The zero-order valence-electron chi connectivity index (χ0n) is 12.4. The number of nitrogens with one attached hydrogen (secondary N) is 1. The molecule has 2 aromatic heterocycles. The Hall–Kier alpha value is -3.62. The number of rotatable bonds is 3. The number of anilines is 1. The van der Waals surface area contributed by atoms with Gasteiger partial charge < -0.3 is 25.5 Å². The first-order valence-electron chi connectivity index (χ1n) is 6.75. The third kappa shape index (κ3) is 2.19. The fraction of sp³-hybridized carbons (Fsp3) is 0.0667. The number of aromatic nitrogens is 3. The summed E-state index contributed by atoms with van der Waals surface area (Å²) in [6.45, 7) is 0. The molecule has 0 saturated heterocycles. The van der Waals surface area contributed by atoms with Crippen molar-refractivity contribution in [3.8, 4) is 11.1 Å². The van der Waals surface area contributed by atoms with E-state index >= 15 is 0 Å². The largest absolute Gasteiger partial charge is 0.478 e. The number of carboxylic acid groups (broad SMARTS) is 2. The van der Waals surface area contributed by atoms with Crippen LogP contribution in [0.5, 0.6) is 0 Å². The van der Waals surface area contributed by atoms with Crippen LogP contribution in [0.15, 0.2) is 29.3 Å². The minimum absolute atomic E-state index is 0.230. The van der Waals surface area contributed by atoms with Crippen molar-refractivity contribution in [2.75, 3.05) is 5.73 Å². The Labute approximate surface area is 134 Å². The summed E-state index contributed by atoms with van der Waals surface area (Å²) in [5, 5.41) is 18.8. The fourth-order valence-electron chi connectivity index (χ4n) is 2.63. The lowest BCUT2D eigenvalue weighted by atomic mass is 9.95. The summed E-state index contributed by atoms with van der Waals surface area (Å²) in [7, 11) is 1.78. The van der Waals surface area contributed by atoms with E-state index in [0.29, 0.717) is 5.52 Å². The number of carbonyl (C=O) groups is 2. The first-order valence-corrected chi connectivity index (χ1v) is 6.75. The van der Waals surface area contributed by atoms with Gasteiger partial charge in [0, 0.05) is 12.6 Å². The van der Waals surface area contributed by atoms with Crippen LogP contribution in [0.2, 0.25) is 0 Å². The molecule has 0 fully saturated rings. The van der Waals surface area contributed by atoms with Crippen molar-refractivity contribution < 1.29 is 19.8 Å². The zero-order valence-corrected chi connectivity index (χ0v) is 12.4. The number of imidazole rings is 1. The smallest absolute Gasteiger partial charge is 0.342 e. The molecule has 0 saturated carbocycles. The van der Waals surface area contributed by atoms with Crippen LogP contribution in [0.1, 0.15) is 20.7 Å². The molecule has 122 valence electrons. The number of carboxylic acids is 2. The number of fused-ring (bicyclic) bond motifs is 1. The van der Waals surface area contributed by atoms with Gasteiger partial charge in [0.25, 0.3) is 5.56 Å². The molecule has 0 spiro atoms. The van der Waals surface area contributed by atoms with E-state index in [1.165, 1.54) is 12.1 Å². The van der Waals surface area contributed by atoms with Crippen LogP contribution in [-0.4, -0.2) is 36.7 Å². The molecule has 0 radical (unpaired) electrons. The number of benzene rings is 1. The molecule has 1 aromatic carbocycles. The molecular formula is C15H12N4O5. The molecule has 0 amide bonds. The van der Waals surface area contributed by atoms with Crippen LogP contribution in [0, 0.1) is 0 Å². The maximum atomic E-state index is 12.0. The summed E-state index contributed by atoms with van der Waals surface area (Å²) in [6, 6.07) is 4.70. The topological polar surface area (TPSA) is 151 Å². The first kappa shape index (κ1) is 15.3. The van der Waals surface area contributed by atoms with Crippen molar-refractivity contribution in [1.29, 1.82) is 0 Å². The van der Waals surface area contributed by atoms with Gasteiger partial charge in [-0.15, -0.1) is 0 Å². The Morgan fingerprint density at radius 2 is 1.88 bits per heavy atom. The Bertz CT molecular complexity index is 1060. The molecule has 0 unspecified atom stereocenters. The van der Waals surface area contributed by atoms with E-state index in [4.69, 9.17) is 5.73 Å². The maximum Gasteiger partial charge on any atom is 0.342 e. The Balaban J connectivity index is 2.45. The van der Waals surface area contributed by atoms with Gasteiger partial charge in [-0.1, -0.05) is 6.07 Å². The van der Waals surface area contributed by atoms with Crippen LogP contribution in [-0.2, 0) is 7.05 Å². The second-order valence-corrected chi connectivity index (χ2v) is 5.16. The summed E-state index contributed by atoms with van der Waals surface area (Å²) in [4.78, 5) is 41.3. The molecule has 0 aliphatic rings. The van der Waals surface area contributed by atoms with Crippen molar-refractivity contribution in [2.24, 2.45) is 7.05 Å².